The molecule has 100 valence electrons. The quantitative estimate of drug-likeness (QED) is 0.504. The van der Waals surface area contributed by atoms with Gasteiger partial charge in [-0.05, 0) is 10.8 Å². The molecule has 3 atom stereocenters. The maximum absolute atomic E-state index is 9.19. The van der Waals surface area contributed by atoms with E-state index in [9.17, 15) is 5.21 Å². The molecular weight excluding hydrogens is 212 g/mol. The molecule has 1 heterocycles. The van der Waals surface area contributed by atoms with Crippen molar-refractivity contribution in [2.45, 2.75) is 67.0 Å². The zero-order valence-electron chi connectivity index (χ0n) is 12.3. The van der Waals surface area contributed by atoms with Crippen LogP contribution in [0.5, 0.6) is 0 Å². The van der Waals surface area contributed by atoms with E-state index in [1.807, 2.05) is 0 Å². The van der Waals surface area contributed by atoms with Gasteiger partial charge in [0.15, 0.2) is 0 Å². The lowest BCUT2D eigenvalue weighted by molar-refractivity contribution is 0.144. The summed E-state index contributed by atoms with van der Waals surface area (Å²) >= 11 is 0. The van der Waals surface area contributed by atoms with E-state index in [-0.39, 0.29) is 10.8 Å². The zero-order valence-corrected chi connectivity index (χ0v) is 12.3. The van der Waals surface area contributed by atoms with Crippen molar-refractivity contribution >= 4 is 5.71 Å². The highest BCUT2D eigenvalue weighted by molar-refractivity contribution is 5.88. The summed E-state index contributed by atoms with van der Waals surface area (Å²) in [6.45, 7) is 15.6. The first-order chi connectivity index (χ1) is 7.57. The van der Waals surface area contributed by atoms with E-state index < -0.39 is 0 Å². The first-order valence-corrected chi connectivity index (χ1v) is 6.54. The van der Waals surface area contributed by atoms with Gasteiger partial charge in [-0.1, -0.05) is 53.6 Å². The molecule has 1 aliphatic rings. The van der Waals surface area contributed by atoms with Crippen LogP contribution in [0.2, 0.25) is 0 Å². The van der Waals surface area contributed by atoms with Crippen LogP contribution in [0, 0.1) is 16.7 Å². The third-order valence-electron chi connectivity index (χ3n) is 3.93. The van der Waals surface area contributed by atoms with Crippen molar-refractivity contribution in [3.8, 4) is 0 Å². The molecule has 3 unspecified atom stereocenters. The molecule has 0 aliphatic carbocycles. The number of nitrogens with one attached hydrogen (secondary N) is 1. The molecule has 17 heavy (non-hydrogen) atoms. The third-order valence-corrected chi connectivity index (χ3v) is 3.93. The minimum Gasteiger partial charge on any atom is -0.411 e. The van der Waals surface area contributed by atoms with Gasteiger partial charge in [-0.25, -0.2) is 0 Å². The minimum atomic E-state index is 0.166. The van der Waals surface area contributed by atoms with E-state index in [1.54, 1.807) is 0 Å². The molecule has 3 nitrogen and oxygen atoms in total. The first-order valence-electron chi connectivity index (χ1n) is 6.54. The Morgan fingerprint density at radius 3 is 2.00 bits per heavy atom. The van der Waals surface area contributed by atoms with Gasteiger partial charge in [0.1, 0.15) is 0 Å². The standard InChI is InChI=1S/C14H28N2O/c1-9-10(16-17)8-11(13(2,3)4)15-12(9)14(5,6)7/h9,11-12,15,17H,8H2,1-7H3/b16-10+. The summed E-state index contributed by atoms with van der Waals surface area (Å²) in [5.74, 6) is 0.290. The molecule has 3 heteroatoms. The summed E-state index contributed by atoms with van der Waals surface area (Å²) in [5, 5.41) is 16.5. The Labute approximate surface area is 106 Å². The highest BCUT2D eigenvalue weighted by Gasteiger charge is 2.41. The van der Waals surface area contributed by atoms with Gasteiger partial charge in [0, 0.05) is 24.4 Å². The molecule has 0 aromatic carbocycles. The highest BCUT2D eigenvalue weighted by atomic mass is 16.4. The fraction of sp³-hybridized carbons (Fsp3) is 0.929. The van der Waals surface area contributed by atoms with Gasteiger partial charge >= 0.3 is 0 Å². The molecule has 0 aromatic heterocycles. The van der Waals surface area contributed by atoms with Crippen LogP contribution in [0.3, 0.4) is 0 Å². The lowest BCUT2D eigenvalue weighted by Gasteiger charge is -2.47. The van der Waals surface area contributed by atoms with Gasteiger partial charge in [0.05, 0.1) is 5.71 Å². The topological polar surface area (TPSA) is 44.6 Å². The highest BCUT2D eigenvalue weighted by Crippen LogP contribution is 2.35. The Hall–Kier alpha value is -0.570. The van der Waals surface area contributed by atoms with Crippen LogP contribution in [0.15, 0.2) is 5.16 Å². The Balaban J connectivity index is 3.00. The summed E-state index contributed by atoms with van der Waals surface area (Å²) in [6.07, 6.45) is 0.841. The van der Waals surface area contributed by atoms with Gasteiger partial charge < -0.3 is 10.5 Å². The molecule has 2 N–H and O–H groups in total. The SMILES string of the molecule is CC1/C(=N/O)CC(C(C)(C)C)NC1C(C)(C)C. The number of nitrogens with zero attached hydrogens (tertiary/aromatic N) is 1. The number of hydrogen-bond donors (Lipinski definition) is 2. The first kappa shape index (κ1) is 14.5. The summed E-state index contributed by atoms with van der Waals surface area (Å²) < 4.78 is 0. The Bertz CT molecular complexity index is 296. The average molecular weight is 240 g/mol. The van der Waals surface area contributed by atoms with Gasteiger partial charge in [-0.3, -0.25) is 0 Å². The Morgan fingerprint density at radius 2 is 1.65 bits per heavy atom. The maximum atomic E-state index is 9.19. The Morgan fingerprint density at radius 1 is 1.12 bits per heavy atom. The Kier molecular flexibility index (Phi) is 3.92. The van der Waals surface area contributed by atoms with Crippen LogP contribution in [0.25, 0.3) is 0 Å². The van der Waals surface area contributed by atoms with Crippen LogP contribution in [-0.4, -0.2) is 23.0 Å². The summed E-state index contributed by atoms with van der Waals surface area (Å²) in [6, 6.07) is 0.722. The van der Waals surface area contributed by atoms with E-state index in [1.165, 1.54) is 0 Å². The van der Waals surface area contributed by atoms with E-state index in [2.05, 4.69) is 58.9 Å². The number of rotatable bonds is 0. The van der Waals surface area contributed by atoms with Crippen molar-refractivity contribution < 1.29 is 5.21 Å². The fourth-order valence-corrected chi connectivity index (χ4v) is 2.70. The predicted molar refractivity (Wildman–Crippen MR) is 72.6 cm³/mol. The van der Waals surface area contributed by atoms with E-state index in [4.69, 9.17) is 0 Å². The second-order valence-corrected chi connectivity index (χ2v) is 7.51. The normalized spacial score (nSPS) is 34.1. The van der Waals surface area contributed by atoms with E-state index >= 15 is 0 Å². The monoisotopic (exact) mass is 240 g/mol. The molecule has 1 aliphatic heterocycles. The lowest BCUT2D eigenvalue weighted by atomic mass is 9.70. The van der Waals surface area contributed by atoms with E-state index in [0.29, 0.717) is 18.0 Å². The molecule has 0 saturated carbocycles. The molecule has 1 saturated heterocycles. The zero-order chi connectivity index (χ0) is 13.4. The summed E-state index contributed by atoms with van der Waals surface area (Å²) in [4.78, 5) is 0. The van der Waals surface area contributed by atoms with Crippen molar-refractivity contribution in [2.24, 2.45) is 21.9 Å². The van der Waals surface area contributed by atoms with Crippen LogP contribution in [0.1, 0.15) is 54.9 Å². The smallest absolute Gasteiger partial charge is 0.0630 e. The number of oxime groups is 1. The molecule has 0 aromatic rings. The molecule has 1 rings (SSSR count). The van der Waals surface area contributed by atoms with Crippen molar-refractivity contribution in [3.05, 3.63) is 0 Å². The molecule has 0 spiro atoms. The van der Waals surface area contributed by atoms with Gasteiger partial charge in [-0.2, -0.15) is 0 Å². The second-order valence-electron chi connectivity index (χ2n) is 7.51. The second kappa shape index (κ2) is 4.60. The largest absolute Gasteiger partial charge is 0.411 e. The number of hydrogen-bond acceptors (Lipinski definition) is 3. The summed E-state index contributed by atoms with van der Waals surface area (Å²) in [7, 11) is 0. The van der Waals surface area contributed by atoms with Crippen LogP contribution in [0.4, 0.5) is 0 Å². The van der Waals surface area contributed by atoms with Gasteiger partial charge in [0.25, 0.3) is 0 Å². The predicted octanol–water partition coefficient (Wildman–Crippen LogP) is 3.28. The number of piperidine rings is 1. The molecule has 0 radical (unpaired) electrons. The van der Waals surface area contributed by atoms with Crippen molar-refractivity contribution in [1.82, 2.24) is 5.32 Å². The van der Waals surface area contributed by atoms with Crippen molar-refractivity contribution in [3.63, 3.8) is 0 Å². The van der Waals surface area contributed by atoms with E-state index in [0.717, 1.165) is 12.1 Å². The summed E-state index contributed by atoms with van der Waals surface area (Å²) in [5.41, 5.74) is 1.28. The maximum Gasteiger partial charge on any atom is 0.0630 e. The fourth-order valence-electron chi connectivity index (χ4n) is 2.70. The van der Waals surface area contributed by atoms with Crippen LogP contribution in [-0.2, 0) is 0 Å². The molecule has 1 fully saturated rings. The average Bonchev–Trinajstić information content (AvgIpc) is 2.14. The van der Waals surface area contributed by atoms with Gasteiger partial charge in [0.2, 0.25) is 0 Å². The molecule has 0 amide bonds. The molecule has 0 bridgehead atoms. The van der Waals surface area contributed by atoms with Crippen molar-refractivity contribution in [2.75, 3.05) is 0 Å². The van der Waals surface area contributed by atoms with Crippen molar-refractivity contribution in [1.29, 1.82) is 0 Å². The minimum absolute atomic E-state index is 0.166. The lowest BCUT2D eigenvalue weighted by Crippen LogP contribution is -2.60. The third kappa shape index (κ3) is 3.21. The molecular formula is C14H28N2O. The van der Waals surface area contributed by atoms with Gasteiger partial charge in [-0.15, -0.1) is 0 Å². The van der Waals surface area contributed by atoms with Crippen LogP contribution < -0.4 is 5.32 Å². The van der Waals surface area contributed by atoms with Crippen LogP contribution >= 0.6 is 0 Å².